The first kappa shape index (κ1) is 57.9. The van der Waals surface area contributed by atoms with E-state index in [2.05, 4.69) is 41.0 Å². The number of nitrogens with one attached hydrogen (secondary N) is 1. The summed E-state index contributed by atoms with van der Waals surface area (Å²) < 4.78 is 35.0. The Balaban J connectivity index is -0.000000179. The van der Waals surface area contributed by atoms with E-state index < -0.39 is 10.1 Å². The van der Waals surface area contributed by atoms with Gasteiger partial charge in [0.2, 0.25) is 5.91 Å². The van der Waals surface area contributed by atoms with Crippen LogP contribution in [0.15, 0.2) is 59.4 Å². The summed E-state index contributed by atoms with van der Waals surface area (Å²) in [6.45, 7) is 25.6. The molecule has 51 heavy (non-hydrogen) atoms. The smallest absolute Gasteiger partial charge is 0.294 e. The predicted octanol–water partition coefficient (Wildman–Crippen LogP) is 9.32. The van der Waals surface area contributed by atoms with Crippen LogP contribution in [0.2, 0.25) is 0 Å². The predicted molar refractivity (Wildman–Crippen MR) is 220 cm³/mol. The topological polar surface area (TPSA) is 156 Å². The Morgan fingerprint density at radius 3 is 1.76 bits per heavy atom. The number of rotatable bonds is 11. The Labute approximate surface area is 321 Å². The molecule has 0 bridgehead atoms. The molecule has 2 aliphatic carbocycles. The molecule has 1 aromatic rings. The quantitative estimate of drug-likeness (QED) is 0.0858. The maximum absolute atomic E-state index is 12.1. The summed E-state index contributed by atoms with van der Waals surface area (Å²) in [4.78, 5) is 32.6. The van der Waals surface area contributed by atoms with Crippen molar-refractivity contribution >= 4 is 44.7 Å². The fraction of sp³-hybridized carbons (Fsp3) is 0.667. The molecule has 0 radical (unpaired) electrons. The Kier molecular flexibility index (Phi) is 49.7. The lowest BCUT2D eigenvalue weighted by atomic mass is 10.1. The van der Waals surface area contributed by atoms with Crippen molar-refractivity contribution in [1.29, 1.82) is 0 Å². The van der Waals surface area contributed by atoms with Crippen LogP contribution < -0.4 is 11.1 Å². The molecule has 1 aromatic carbocycles. The van der Waals surface area contributed by atoms with Crippen LogP contribution >= 0.6 is 15.9 Å². The summed E-state index contributed by atoms with van der Waals surface area (Å²) in [5, 5.41) is 3.16. The number of amides is 1. The van der Waals surface area contributed by atoms with Crippen molar-refractivity contribution in [2.45, 2.75) is 155 Å². The molecule has 1 heterocycles. The van der Waals surface area contributed by atoms with Gasteiger partial charge in [0, 0.05) is 23.6 Å². The van der Waals surface area contributed by atoms with E-state index >= 15 is 0 Å². The van der Waals surface area contributed by atoms with Crippen molar-refractivity contribution in [1.82, 2.24) is 10.2 Å². The number of nitrogens with zero attached hydrogens (tertiary/aromatic N) is 1. The van der Waals surface area contributed by atoms with Crippen LogP contribution in [0.25, 0.3) is 0 Å². The lowest BCUT2D eigenvalue weighted by Gasteiger charge is -2.22. The lowest BCUT2D eigenvalue weighted by Crippen LogP contribution is -2.44. The van der Waals surface area contributed by atoms with Crippen LogP contribution in [0.4, 0.5) is 0 Å². The van der Waals surface area contributed by atoms with Crippen LogP contribution in [0.5, 0.6) is 0 Å². The normalized spacial score (nSPS) is 14.2. The highest BCUT2D eigenvalue weighted by Crippen LogP contribution is 2.20. The second-order valence-corrected chi connectivity index (χ2v) is 12.8. The lowest BCUT2D eigenvalue weighted by molar-refractivity contribution is -0.133. The Morgan fingerprint density at radius 2 is 1.41 bits per heavy atom. The molecule has 1 atom stereocenters. The molecular formula is C39H74BrN3O7S. The monoisotopic (exact) mass is 807 g/mol. The van der Waals surface area contributed by atoms with Gasteiger partial charge >= 0.3 is 0 Å². The molecule has 3 aliphatic rings. The van der Waals surface area contributed by atoms with Crippen molar-refractivity contribution in [3.05, 3.63) is 54.6 Å². The largest absolute Gasteiger partial charge is 0.465 e. The molecule has 4 N–H and O–H groups in total. The van der Waals surface area contributed by atoms with Crippen LogP contribution in [-0.4, -0.2) is 74.9 Å². The number of unbranched alkanes of at least 4 members (excludes halogenated alkanes) is 3. The molecule has 1 aliphatic heterocycles. The van der Waals surface area contributed by atoms with Crippen molar-refractivity contribution in [3.63, 3.8) is 0 Å². The van der Waals surface area contributed by atoms with Gasteiger partial charge in [-0.1, -0.05) is 76.4 Å². The van der Waals surface area contributed by atoms with Crippen molar-refractivity contribution in [3.8, 4) is 0 Å². The van der Waals surface area contributed by atoms with E-state index in [9.17, 15) is 18.0 Å². The molecule has 3 fully saturated rings. The minimum atomic E-state index is -4.04. The number of allylic oxidation sites excluding steroid dienone is 1. The van der Waals surface area contributed by atoms with Crippen LogP contribution in [-0.2, 0) is 29.2 Å². The fourth-order valence-electron chi connectivity index (χ4n) is 4.17. The first-order chi connectivity index (χ1) is 24.5. The van der Waals surface area contributed by atoms with Gasteiger partial charge in [0.1, 0.15) is 12.4 Å². The zero-order chi connectivity index (χ0) is 40.5. The summed E-state index contributed by atoms with van der Waals surface area (Å²) in [7, 11) is -2.15. The van der Waals surface area contributed by atoms with E-state index in [1.807, 2.05) is 59.6 Å². The molecule has 1 saturated heterocycles. The first-order valence-corrected chi connectivity index (χ1v) is 20.8. The molecule has 300 valence electrons. The fourth-order valence-corrected chi connectivity index (χ4v) is 4.91. The molecule has 0 aromatic heterocycles. The molecule has 0 spiro atoms. The van der Waals surface area contributed by atoms with Gasteiger partial charge in [-0.15, -0.1) is 19.7 Å². The summed E-state index contributed by atoms with van der Waals surface area (Å²) in [6.07, 6.45) is 18.0. The number of aldehydes is 1. The summed E-state index contributed by atoms with van der Waals surface area (Å²) in [5.41, 5.74) is 5.22. The second-order valence-electron chi connectivity index (χ2n) is 10.4. The molecule has 12 heteroatoms. The van der Waals surface area contributed by atoms with Gasteiger partial charge < -0.3 is 25.5 Å². The molecular weight excluding hydrogens is 734 g/mol. The Morgan fingerprint density at radius 1 is 0.961 bits per heavy atom. The third kappa shape index (κ3) is 38.7. The molecule has 4 rings (SSSR count). The number of ether oxygens (including phenoxy) is 1. The molecule has 1 amide bonds. The minimum absolute atomic E-state index is 0.0248. The van der Waals surface area contributed by atoms with Gasteiger partial charge in [-0.3, -0.25) is 14.1 Å². The molecule has 10 nitrogen and oxygen atoms in total. The summed E-state index contributed by atoms with van der Waals surface area (Å²) in [6, 6.07) is 6.34. The highest BCUT2D eigenvalue weighted by molar-refractivity contribution is 9.10. The number of hydrogen-bond acceptors (Lipinski definition) is 8. The van der Waals surface area contributed by atoms with Gasteiger partial charge in [-0.05, 0) is 109 Å². The average Bonchev–Trinajstić information content (AvgIpc) is 3.52. The number of nitrogens with two attached hydrogens (primary N) is 1. The number of likely N-dealkylation sites (N-methyl/N-ethyl adjacent to an activating group) is 1. The van der Waals surface area contributed by atoms with Gasteiger partial charge in [0.05, 0.1) is 10.9 Å². The average molecular weight is 809 g/mol. The number of carbonyl (C=O) groups excluding carboxylic acids is 3. The zero-order valence-corrected chi connectivity index (χ0v) is 35.6. The van der Waals surface area contributed by atoms with Crippen LogP contribution in [0, 0.1) is 0 Å². The maximum Gasteiger partial charge on any atom is 0.294 e. The van der Waals surface area contributed by atoms with Gasteiger partial charge in [-0.25, -0.2) is 0 Å². The van der Waals surface area contributed by atoms with Gasteiger partial charge in [0.15, 0.2) is 0 Å². The van der Waals surface area contributed by atoms with Crippen LogP contribution in [0.1, 0.15) is 132 Å². The van der Waals surface area contributed by atoms with E-state index in [1.54, 1.807) is 12.1 Å². The highest BCUT2D eigenvalue weighted by Gasteiger charge is 2.24. The highest BCUT2D eigenvalue weighted by atomic mass is 79.9. The minimum Gasteiger partial charge on any atom is -0.465 e. The van der Waals surface area contributed by atoms with E-state index in [0.717, 1.165) is 56.0 Å². The second kappa shape index (κ2) is 43.8. The Hall–Kier alpha value is -2.38. The van der Waals surface area contributed by atoms with E-state index in [1.165, 1.54) is 70.4 Å². The van der Waals surface area contributed by atoms with Gasteiger partial charge in [0.25, 0.3) is 16.6 Å². The number of carbonyl (C=O) groups is 3. The Bertz CT molecular complexity index is 1010. The van der Waals surface area contributed by atoms with E-state index in [4.69, 9.17) is 19.8 Å². The molecule has 2 saturated carbocycles. The van der Waals surface area contributed by atoms with Crippen LogP contribution in [0.3, 0.4) is 0 Å². The third-order valence-corrected chi connectivity index (χ3v) is 8.15. The number of halogens is 1. The van der Waals surface area contributed by atoms with Crippen molar-refractivity contribution in [2.24, 2.45) is 5.73 Å². The van der Waals surface area contributed by atoms with E-state index in [-0.39, 0.29) is 17.0 Å². The standard InChI is InChI=1S/C14H26N2O.C6H5BrO3S.C6H10O2.C3H7N.C2H4O.3C2H6.C2H4/c1-3-4-5-6-7-10-13(15-2)14(17)16-11-8-9-12-16;7-5-1-3-6(4-2-5)11(8,9)10;7-5-8-6-3-1-2-4-6;4-3-1-2-3;1-2-3;4*1-2/h3,13,15H,1,4-12H2,2H3;1-4H,(H,8,9,10);5-6H,1-4H2;3H,1-2,4H2;2H,1H3;3*1-2H3;1-2H2. The van der Waals surface area contributed by atoms with Crippen molar-refractivity contribution in [2.75, 3.05) is 20.1 Å². The number of likely N-dealkylation sites (tertiary alicyclic amines) is 1. The number of benzene rings is 1. The first-order valence-electron chi connectivity index (χ1n) is 18.6. The summed E-state index contributed by atoms with van der Waals surface area (Å²) >= 11 is 3.14. The summed E-state index contributed by atoms with van der Waals surface area (Å²) in [5.74, 6) is 0.300. The number of hydrogen-bond donors (Lipinski definition) is 3. The van der Waals surface area contributed by atoms with Gasteiger partial charge in [-0.2, -0.15) is 8.42 Å². The third-order valence-electron chi connectivity index (χ3n) is 6.75. The van der Waals surface area contributed by atoms with E-state index in [0.29, 0.717) is 18.4 Å². The molecule has 1 unspecified atom stereocenters. The SMILES string of the molecule is C=C.C=CCCCCCC(NC)C(=O)N1CCCC1.CC.CC.CC.CC=O.NC1CC1.O=COC1CCCC1.O=S(=O)(O)c1ccc(Br)cc1. The zero-order valence-electron chi connectivity index (χ0n) is 33.2. The maximum atomic E-state index is 12.1. The van der Waals surface area contributed by atoms with Crippen molar-refractivity contribution < 1.29 is 32.1 Å².